The molecule has 1 rings (SSSR count). The highest BCUT2D eigenvalue weighted by Crippen LogP contribution is 2.25. The van der Waals surface area contributed by atoms with Crippen LogP contribution >= 0.6 is 15.9 Å². The molecule has 0 amide bonds. The van der Waals surface area contributed by atoms with E-state index in [1.807, 2.05) is 18.2 Å². The summed E-state index contributed by atoms with van der Waals surface area (Å²) in [6.45, 7) is 1.13. The molecule has 102 valence electrons. The van der Waals surface area contributed by atoms with Gasteiger partial charge in [0.05, 0.1) is 12.4 Å². The van der Waals surface area contributed by atoms with Gasteiger partial charge in [0.25, 0.3) is 0 Å². The Morgan fingerprint density at radius 3 is 2.72 bits per heavy atom. The zero-order valence-corrected chi connectivity index (χ0v) is 13.0. The Morgan fingerprint density at radius 2 is 2.11 bits per heavy atom. The van der Waals surface area contributed by atoms with Crippen LogP contribution in [0.5, 0.6) is 0 Å². The predicted octanol–water partition coefficient (Wildman–Crippen LogP) is 2.44. The number of rotatable bonds is 7. The van der Waals surface area contributed by atoms with Crippen molar-refractivity contribution in [3.8, 4) is 0 Å². The summed E-state index contributed by atoms with van der Waals surface area (Å²) in [5, 5.41) is 3.24. The number of ether oxygens (including phenoxy) is 1. The fourth-order valence-corrected chi connectivity index (χ4v) is 2.72. The highest BCUT2D eigenvalue weighted by Gasteiger charge is 2.06. The molecule has 0 saturated heterocycles. The third kappa shape index (κ3) is 5.37. The molecule has 0 atom stereocenters. The highest BCUT2D eigenvalue weighted by molar-refractivity contribution is 9.10. The molecular weight excluding hydrogens is 318 g/mol. The van der Waals surface area contributed by atoms with Gasteiger partial charge in [-0.15, -0.1) is 0 Å². The molecule has 0 unspecified atom stereocenters. The molecule has 0 heterocycles. The lowest BCUT2D eigenvalue weighted by atomic mass is 10.2. The van der Waals surface area contributed by atoms with E-state index in [2.05, 4.69) is 21.2 Å². The number of hydrogen-bond donors (Lipinski definition) is 1. The molecule has 1 aromatic rings. The van der Waals surface area contributed by atoms with Gasteiger partial charge in [0, 0.05) is 35.6 Å². The largest absolute Gasteiger partial charge is 0.385 e. The van der Waals surface area contributed by atoms with Crippen molar-refractivity contribution in [1.29, 1.82) is 0 Å². The summed E-state index contributed by atoms with van der Waals surface area (Å²) in [4.78, 5) is 0. The van der Waals surface area contributed by atoms with Crippen LogP contribution in [-0.4, -0.2) is 34.1 Å². The van der Waals surface area contributed by atoms with Gasteiger partial charge >= 0.3 is 0 Å². The molecule has 0 spiro atoms. The first-order valence-electron chi connectivity index (χ1n) is 5.62. The third-order valence-electron chi connectivity index (χ3n) is 2.41. The van der Waals surface area contributed by atoms with Gasteiger partial charge in [-0.1, -0.05) is 22.0 Å². The molecule has 18 heavy (non-hydrogen) atoms. The average Bonchev–Trinajstić information content (AvgIpc) is 2.27. The Kier molecular flexibility index (Phi) is 6.11. The van der Waals surface area contributed by atoms with E-state index in [-0.39, 0.29) is 5.75 Å². The fraction of sp³-hybridized carbons (Fsp3) is 0.500. The normalized spacial score (nSPS) is 11.5. The van der Waals surface area contributed by atoms with Crippen LogP contribution < -0.4 is 5.32 Å². The SMILES string of the molecule is COCc1c(Br)cccc1NCCCS(C)(=O)=O. The first-order chi connectivity index (χ1) is 8.44. The van der Waals surface area contributed by atoms with Crippen molar-refractivity contribution in [2.45, 2.75) is 13.0 Å². The maximum atomic E-state index is 11.0. The van der Waals surface area contributed by atoms with Crippen LogP contribution in [0.25, 0.3) is 0 Å². The minimum Gasteiger partial charge on any atom is -0.385 e. The number of sulfone groups is 1. The van der Waals surface area contributed by atoms with Crippen LogP contribution in [0.2, 0.25) is 0 Å². The predicted molar refractivity (Wildman–Crippen MR) is 77.7 cm³/mol. The Morgan fingerprint density at radius 1 is 1.39 bits per heavy atom. The molecule has 0 aromatic heterocycles. The number of hydrogen-bond acceptors (Lipinski definition) is 4. The molecule has 4 nitrogen and oxygen atoms in total. The van der Waals surface area contributed by atoms with Gasteiger partial charge in [-0.3, -0.25) is 0 Å². The summed E-state index contributed by atoms with van der Waals surface area (Å²) in [7, 11) is -1.24. The Balaban J connectivity index is 2.59. The van der Waals surface area contributed by atoms with E-state index in [0.29, 0.717) is 19.6 Å². The lowest BCUT2D eigenvalue weighted by Crippen LogP contribution is -2.11. The van der Waals surface area contributed by atoms with E-state index in [4.69, 9.17) is 4.74 Å². The number of methoxy groups -OCH3 is 1. The molecule has 0 saturated carbocycles. The first-order valence-corrected chi connectivity index (χ1v) is 8.47. The van der Waals surface area contributed by atoms with Gasteiger partial charge in [0.1, 0.15) is 9.84 Å². The molecule has 0 aliphatic carbocycles. The summed E-state index contributed by atoms with van der Waals surface area (Å²) in [6, 6.07) is 5.84. The van der Waals surface area contributed by atoms with Crippen molar-refractivity contribution in [3.05, 3.63) is 28.2 Å². The Labute approximate surface area is 117 Å². The van der Waals surface area contributed by atoms with Gasteiger partial charge in [-0.05, 0) is 18.6 Å². The van der Waals surface area contributed by atoms with Crippen molar-refractivity contribution >= 4 is 31.5 Å². The van der Waals surface area contributed by atoms with Crippen LogP contribution in [0.3, 0.4) is 0 Å². The number of anilines is 1. The Hall–Kier alpha value is -0.590. The van der Waals surface area contributed by atoms with E-state index in [9.17, 15) is 8.42 Å². The van der Waals surface area contributed by atoms with E-state index >= 15 is 0 Å². The second kappa shape index (κ2) is 7.11. The van der Waals surface area contributed by atoms with Crippen LogP contribution in [0, 0.1) is 0 Å². The standard InChI is InChI=1S/C12H18BrNO3S/c1-17-9-10-11(13)5-3-6-12(10)14-7-4-8-18(2,15)16/h3,5-6,14H,4,7-9H2,1-2H3. The maximum Gasteiger partial charge on any atom is 0.147 e. The van der Waals surface area contributed by atoms with Crippen molar-refractivity contribution in [1.82, 2.24) is 0 Å². The summed E-state index contributed by atoms with van der Waals surface area (Å²) in [6.07, 6.45) is 1.85. The summed E-state index contributed by atoms with van der Waals surface area (Å²) < 4.78 is 28.1. The number of benzene rings is 1. The van der Waals surface area contributed by atoms with Crippen molar-refractivity contribution in [3.63, 3.8) is 0 Å². The lowest BCUT2D eigenvalue weighted by molar-refractivity contribution is 0.185. The van der Waals surface area contributed by atoms with Crippen LogP contribution in [0.4, 0.5) is 5.69 Å². The summed E-state index contributed by atoms with van der Waals surface area (Å²) >= 11 is 3.47. The molecule has 1 N–H and O–H groups in total. The maximum absolute atomic E-state index is 11.0. The zero-order valence-electron chi connectivity index (χ0n) is 10.6. The van der Waals surface area contributed by atoms with E-state index in [1.165, 1.54) is 6.26 Å². The second-order valence-electron chi connectivity index (χ2n) is 4.11. The van der Waals surface area contributed by atoms with Crippen molar-refractivity contribution < 1.29 is 13.2 Å². The van der Waals surface area contributed by atoms with E-state index in [0.717, 1.165) is 15.7 Å². The van der Waals surface area contributed by atoms with Gasteiger partial charge < -0.3 is 10.1 Å². The molecule has 0 aliphatic heterocycles. The van der Waals surface area contributed by atoms with Crippen LogP contribution in [0.1, 0.15) is 12.0 Å². The summed E-state index contributed by atoms with van der Waals surface area (Å²) in [5.41, 5.74) is 2.01. The smallest absolute Gasteiger partial charge is 0.147 e. The molecular formula is C12H18BrNO3S. The van der Waals surface area contributed by atoms with Crippen molar-refractivity contribution in [2.75, 3.05) is 31.0 Å². The molecule has 6 heteroatoms. The van der Waals surface area contributed by atoms with Gasteiger partial charge in [-0.25, -0.2) is 8.42 Å². The average molecular weight is 336 g/mol. The zero-order chi connectivity index (χ0) is 13.6. The highest BCUT2D eigenvalue weighted by atomic mass is 79.9. The van der Waals surface area contributed by atoms with Crippen LogP contribution in [0.15, 0.2) is 22.7 Å². The Bertz CT molecular complexity index is 488. The molecule has 1 aromatic carbocycles. The van der Waals surface area contributed by atoms with E-state index < -0.39 is 9.84 Å². The topological polar surface area (TPSA) is 55.4 Å². The number of halogens is 1. The number of nitrogens with one attached hydrogen (secondary N) is 1. The minimum atomic E-state index is -2.88. The summed E-state index contributed by atoms with van der Waals surface area (Å²) in [5.74, 6) is 0.202. The van der Waals surface area contributed by atoms with Gasteiger partial charge in [0.15, 0.2) is 0 Å². The monoisotopic (exact) mass is 335 g/mol. The minimum absolute atomic E-state index is 0.202. The molecule has 0 fully saturated rings. The third-order valence-corrected chi connectivity index (χ3v) is 4.19. The second-order valence-corrected chi connectivity index (χ2v) is 7.22. The van der Waals surface area contributed by atoms with E-state index in [1.54, 1.807) is 7.11 Å². The van der Waals surface area contributed by atoms with Gasteiger partial charge in [-0.2, -0.15) is 0 Å². The lowest BCUT2D eigenvalue weighted by Gasteiger charge is -2.13. The molecule has 0 bridgehead atoms. The van der Waals surface area contributed by atoms with Gasteiger partial charge in [0.2, 0.25) is 0 Å². The first kappa shape index (κ1) is 15.5. The molecule has 0 radical (unpaired) electrons. The fourth-order valence-electron chi connectivity index (χ4n) is 1.57. The quantitative estimate of drug-likeness (QED) is 0.777. The molecule has 0 aliphatic rings. The van der Waals surface area contributed by atoms with Crippen LogP contribution in [-0.2, 0) is 21.2 Å². The van der Waals surface area contributed by atoms with Crippen molar-refractivity contribution in [2.24, 2.45) is 0 Å².